The summed E-state index contributed by atoms with van der Waals surface area (Å²) in [6, 6.07) is 6.92. The molecular formula is C24H24N2O7S. The van der Waals surface area contributed by atoms with E-state index < -0.39 is 23.8 Å². The molecule has 0 fully saturated rings. The first-order valence-corrected chi connectivity index (χ1v) is 11.3. The molecule has 34 heavy (non-hydrogen) atoms. The van der Waals surface area contributed by atoms with Crippen LogP contribution in [-0.4, -0.2) is 45.8 Å². The molecule has 2 aromatic rings. The zero-order chi connectivity index (χ0) is 24.8. The van der Waals surface area contributed by atoms with Gasteiger partial charge in [-0.15, -0.1) is 11.3 Å². The summed E-state index contributed by atoms with van der Waals surface area (Å²) in [6.45, 7) is 2.31. The minimum atomic E-state index is -0.699. The minimum Gasteiger partial charge on any atom is -0.493 e. The van der Waals surface area contributed by atoms with E-state index in [4.69, 9.17) is 18.9 Å². The highest BCUT2D eigenvalue weighted by molar-refractivity contribution is 7.17. The van der Waals surface area contributed by atoms with Crippen LogP contribution in [0.25, 0.3) is 6.08 Å². The van der Waals surface area contributed by atoms with E-state index in [9.17, 15) is 19.6 Å². The number of ether oxygens (including phenoxy) is 4. The van der Waals surface area contributed by atoms with Crippen LogP contribution in [0.2, 0.25) is 0 Å². The molecule has 1 unspecified atom stereocenters. The Balaban J connectivity index is 1.94. The molecule has 1 aromatic heterocycles. The number of anilines is 1. The van der Waals surface area contributed by atoms with Gasteiger partial charge in [0.05, 0.1) is 39.4 Å². The van der Waals surface area contributed by atoms with Crippen LogP contribution in [0.15, 0.2) is 23.8 Å². The minimum absolute atomic E-state index is 0.115. The summed E-state index contributed by atoms with van der Waals surface area (Å²) in [5, 5.41) is 12.5. The molecule has 1 aliphatic carbocycles. The number of methoxy groups -OCH3 is 3. The van der Waals surface area contributed by atoms with Crippen LogP contribution in [0.5, 0.6) is 11.5 Å². The van der Waals surface area contributed by atoms with E-state index in [2.05, 4.69) is 5.32 Å². The molecular weight excluding hydrogens is 460 g/mol. The van der Waals surface area contributed by atoms with Gasteiger partial charge in [0.15, 0.2) is 11.5 Å². The van der Waals surface area contributed by atoms with Crippen LogP contribution >= 0.6 is 11.3 Å². The molecule has 0 aliphatic heterocycles. The molecule has 1 atom stereocenters. The Labute approximate surface area is 200 Å². The van der Waals surface area contributed by atoms with Crippen molar-refractivity contribution in [3.8, 4) is 17.6 Å². The van der Waals surface area contributed by atoms with Gasteiger partial charge in [-0.25, -0.2) is 4.79 Å². The molecule has 9 nitrogen and oxygen atoms in total. The van der Waals surface area contributed by atoms with Gasteiger partial charge in [0.1, 0.15) is 16.6 Å². The number of amides is 1. The zero-order valence-corrected chi connectivity index (χ0v) is 20.0. The lowest BCUT2D eigenvalue weighted by Crippen LogP contribution is -2.18. The summed E-state index contributed by atoms with van der Waals surface area (Å²) in [7, 11) is 4.00. The number of nitriles is 1. The number of carbonyl (C=O) groups is 3. The fraction of sp³-hybridized carbons (Fsp3) is 0.333. The summed E-state index contributed by atoms with van der Waals surface area (Å²) in [4.78, 5) is 38.5. The quantitative estimate of drug-likeness (QED) is 0.342. The Bertz CT molecular complexity index is 1190. The van der Waals surface area contributed by atoms with Gasteiger partial charge < -0.3 is 24.3 Å². The number of hydrogen-bond donors (Lipinski definition) is 1. The summed E-state index contributed by atoms with van der Waals surface area (Å²) in [5.41, 5.74) is 1.00. The third-order valence-electron chi connectivity index (χ3n) is 5.30. The van der Waals surface area contributed by atoms with Crippen molar-refractivity contribution in [1.82, 2.24) is 0 Å². The van der Waals surface area contributed by atoms with Gasteiger partial charge in [-0.3, -0.25) is 9.59 Å². The van der Waals surface area contributed by atoms with Crippen molar-refractivity contribution in [2.75, 3.05) is 33.3 Å². The number of fused-ring (bicyclic) bond motifs is 1. The van der Waals surface area contributed by atoms with Crippen molar-refractivity contribution < 1.29 is 33.3 Å². The molecule has 1 N–H and O–H groups in total. The van der Waals surface area contributed by atoms with Crippen LogP contribution < -0.4 is 14.8 Å². The topological polar surface area (TPSA) is 124 Å². The number of carbonyl (C=O) groups excluding carboxylic acids is 3. The van der Waals surface area contributed by atoms with Crippen molar-refractivity contribution in [3.63, 3.8) is 0 Å². The summed E-state index contributed by atoms with van der Waals surface area (Å²) >= 11 is 1.19. The molecule has 0 radical (unpaired) electrons. The van der Waals surface area contributed by atoms with E-state index in [1.54, 1.807) is 18.2 Å². The highest BCUT2D eigenvalue weighted by Gasteiger charge is 2.38. The van der Waals surface area contributed by atoms with Crippen molar-refractivity contribution in [2.45, 2.75) is 25.7 Å². The number of aryl methyl sites for hydroxylation is 1. The molecule has 0 saturated heterocycles. The fourth-order valence-corrected chi connectivity index (χ4v) is 5.03. The lowest BCUT2D eigenvalue weighted by molar-refractivity contribution is -0.142. The van der Waals surface area contributed by atoms with E-state index in [0.717, 1.165) is 4.88 Å². The average molecular weight is 485 g/mol. The van der Waals surface area contributed by atoms with Gasteiger partial charge >= 0.3 is 11.9 Å². The molecule has 0 spiro atoms. The van der Waals surface area contributed by atoms with E-state index in [0.29, 0.717) is 42.1 Å². The van der Waals surface area contributed by atoms with Crippen LogP contribution in [0.1, 0.15) is 45.6 Å². The van der Waals surface area contributed by atoms with Crippen molar-refractivity contribution in [2.24, 2.45) is 0 Å². The second-order valence-corrected chi connectivity index (χ2v) is 8.32. The van der Waals surface area contributed by atoms with E-state index in [1.165, 1.54) is 38.7 Å². The fourth-order valence-electron chi connectivity index (χ4n) is 3.77. The van der Waals surface area contributed by atoms with Gasteiger partial charge in [-0.05, 0) is 49.1 Å². The zero-order valence-electron chi connectivity index (χ0n) is 19.2. The largest absolute Gasteiger partial charge is 0.493 e. The van der Waals surface area contributed by atoms with E-state index >= 15 is 0 Å². The van der Waals surface area contributed by atoms with E-state index in [1.807, 2.05) is 13.0 Å². The molecule has 178 valence electrons. The van der Waals surface area contributed by atoms with Gasteiger partial charge in [0.25, 0.3) is 5.91 Å². The van der Waals surface area contributed by atoms with Gasteiger partial charge in [0, 0.05) is 4.88 Å². The van der Waals surface area contributed by atoms with Gasteiger partial charge in [0.2, 0.25) is 0 Å². The maximum Gasteiger partial charge on any atom is 0.341 e. The lowest BCUT2D eigenvalue weighted by Gasteiger charge is -2.12. The first kappa shape index (κ1) is 24.8. The maximum atomic E-state index is 12.9. The standard InChI is InChI=1S/C24H24N2O7S/c1-5-33-16-8-6-13(11-17(16)30-2)10-14(12-25)21(27)26-22-20(24(29)32-4)19-15(23(28)31-3)7-9-18(19)34-22/h6,8,10-11,15H,5,7,9H2,1-4H3,(H,26,27). The number of thiophene rings is 1. The van der Waals surface area contributed by atoms with Crippen LogP contribution in [0.4, 0.5) is 5.00 Å². The molecule has 0 bridgehead atoms. The molecule has 1 aliphatic rings. The Hall–Kier alpha value is -3.84. The molecule has 1 heterocycles. The number of nitrogens with zero attached hydrogens (tertiary/aromatic N) is 1. The average Bonchev–Trinajstić information content (AvgIpc) is 3.41. The van der Waals surface area contributed by atoms with Gasteiger partial charge in [-0.2, -0.15) is 5.26 Å². The number of rotatable bonds is 8. The summed E-state index contributed by atoms with van der Waals surface area (Å²) in [6.07, 6.45) is 2.48. The Kier molecular flexibility index (Phi) is 7.91. The number of nitrogens with one attached hydrogen (secondary N) is 1. The highest BCUT2D eigenvalue weighted by Crippen LogP contribution is 2.46. The lowest BCUT2D eigenvalue weighted by atomic mass is 9.99. The van der Waals surface area contributed by atoms with Crippen LogP contribution in [0, 0.1) is 11.3 Å². The predicted octanol–water partition coefficient (Wildman–Crippen LogP) is 3.69. The third-order valence-corrected chi connectivity index (χ3v) is 6.48. The number of hydrogen-bond acceptors (Lipinski definition) is 9. The highest BCUT2D eigenvalue weighted by atomic mass is 32.1. The molecule has 3 rings (SSSR count). The van der Waals surface area contributed by atoms with Crippen molar-refractivity contribution >= 4 is 40.3 Å². The van der Waals surface area contributed by atoms with Crippen LogP contribution in [-0.2, 0) is 25.5 Å². The Morgan fingerprint density at radius 3 is 2.59 bits per heavy atom. The van der Waals surface area contributed by atoms with E-state index in [-0.39, 0.29) is 16.1 Å². The molecule has 1 amide bonds. The SMILES string of the molecule is CCOc1ccc(C=C(C#N)C(=O)Nc2sc3c(c2C(=O)OC)C(C(=O)OC)CC3)cc1OC. The number of esters is 2. The van der Waals surface area contributed by atoms with Crippen LogP contribution in [0.3, 0.4) is 0 Å². The Morgan fingerprint density at radius 1 is 1.21 bits per heavy atom. The van der Waals surface area contributed by atoms with Crippen molar-refractivity contribution in [3.05, 3.63) is 45.3 Å². The van der Waals surface area contributed by atoms with Gasteiger partial charge in [-0.1, -0.05) is 6.07 Å². The second-order valence-electron chi connectivity index (χ2n) is 7.22. The number of benzene rings is 1. The maximum absolute atomic E-state index is 12.9. The summed E-state index contributed by atoms with van der Waals surface area (Å²) < 4.78 is 20.6. The normalized spacial score (nSPS) is 14.6. The first-order chi connectivity index (χ1) is 16.4. The Morgan fingerprint density at radius 2 is 1.97 bits per heavy atom. The molecule has 0 saturated carbocycles. The summed E-state index contributed by atoms with van der Waals surface area (Å²) in [5.74, 6) is -1.44. The first-order valence-electron chi connectivity index (χ1n) is 10.4. The predicted molar refractivity (Wildman–Crippen MR) is 125 cm³/mol. The second kappa shape index (κ2) is 10.9. The molecule has 10 heteroatoms. The monoisotopic (exact) mass is 484 g/mol. The smallest absolute Gasteiger partial charge is 0.341 e. The molecule has 1 aromatic carbocycles. The van der Waals surface area contributed by atoms with Crippen molar-refractivity contribution in [1.29, 1.82) is 5.26 Å². The third kappa shape index (κ3) is 4.89.